The van der Waals surface area contributed by atoms with Crippen molar-refractivity contribution in [3.05, 3.63) is 48.2 Å². The van der Waals surface area contributed by atoms with Gasteiger partial charge in [0.1, 0.15) is 5.82 Å². The van der Waals surface area contributed by atoms with E-state index in [1.54, 1.807) is 22.6 Å². The number of nitriles is 1. The first-order chi connectivity index (χ1) is 19.2. The van der Waals surface area contributed by atoms with Crippen LogP contribution in [0.5, 0.6) is 0 Å². The van der Waals surface area contributed by atoms with Gasteiger partial charge in [-0.15, -0.1) is 0 Å². The van der Waals surface area contributed by atoms with Crippen molar-refractivity contribution in [3.8, 4) is 6.07 Å². The second kappa shape index (κ2) is 10.2. The third kappa shape index (κ3) is 5.18. The zero-order chi connectivity index (χ0) is 28.0. The average Bonchev–Trinajstić information content (AvgIpc) is 3.75. The molecule has 1 saturated carbocycles. The lowest BCUT2D eigenvalue weighted by Crippen LogP contribution is -2.50. The number of piperidine rings is 3. The van der Waals surface area contributed by atoms with Crippen molar-refractivity contribution in [1.82, 2.24) is 14.6 Å². The number of carbonyl (C=O) groups excluding carboxylic acids is 2. The highest BCUT2D eigenvalue weighted by Gasteiger charge is 2.45. The third-order valence-electron chi connectivity index (χ3n) is 9.10. The molecular weight excluding hydrogens is 528 g/mol. The summed E-state index contributed by atoms with van der Waals surface area (Å²) in [6.07, 6.45) is 7.21. The third-order valence-corrected chi connectivity index (χ3v) is 11.0. The van der Waals surface area contributed by atoms with Gasteiger partial charge >= 0.3 is 0 Å². The number of hydrogen-bond acceptors (Lipinski definition) is 8. The molecular formula is C29H34N6O4S. The van der Waals surface area contributed by atoms with Crippen molar-refractivity contribution in [2.75, 3.05) is 36.4 Å². The van der Waals surface area contributed by atoms with Gasteiger partial charge in [-0.1, -0.05) is 6.07 Å². The highest BCUT2D eigenvalue weighted by molar-refractivity contribution is 7.89. The standard InChI is InChI=1S/C29H34N6O4S/c30-20-29(9-10-29)21-1-6-25(31-19-21)32-22-7-13-35(14-8-22)40(38,39)24-4-2-23(3-5-24)34-15-11-28(12-16-34)17-26(36)33-27(37)18-28/h1-6,19,22H,7-18H2,(H,31,32)(H,33,36,37). The number of benzene rings is 1. The summed E-state index contributed by atoms with van der Waals surface area (Å²) in [5.41, 5.74) is 1.31. The van der Waals surface area contributed by atoms with E-state index in [0.29, 0.717) is 38.8 Å². The summed E-state index contributed by atoms with van der Waals surface area (Å²) >= 11 is 0. The maximum atomic E-state index is 13.4. The molecule has 2 N–H and O–H groups in total. The first-order valence-electron chi connectivity index (χ1n) is 14.0. The minimum atomic E-state index is -3.60. The van der Waals surface area contributed by atoms with Crippen LogP contribution in [0.2, 0.25) is 0 Å². The van der Waals surface area contributed by atoms with E-state index < -0.39 is 10.0 Å². The van der Waals surface area contributed by atoms with Gasteiger partial charge in [0.05, 0.1) is 16.4 Å². The van der Waals surface area contributed by atoms with Crippen molar-refractivity contribution >= 4 is 33.3 Å². The van der Waals surface area contributed by atoms with E-state index in [1.807, 2.05) is 24.3 Å². The largest absolute Gasteiger partial charge is 0.371 e. The van der Waals surface area contributed by atoms with Crippen LogP contribution in [0.3, 0.4) is 0 Å². The van der Waals surface area contributed by atoms with Crippen LogP contribution in [0.25, 0.3) is 0 Å². The van der Waals surface area contributed by atoms with E-state index in [-0.39, 0.29) is 33.6 Å². The van der Waals surface area contributed by atoms with Gasteiger partial charge in [-0.05, 0) is 79.8 Å². The summed E-state index contributed by atoms with van der Waals surface area (Å²) in [6.45, 7) is 2.31. The summed E-state index contributed by atoms with van der Waals surface area (Å²) < 4.78 is 28.3. The number of nitrogens with zero attached hydrogens (tertiary/aromatic N) is 4. The van der Waals surface area contributed by atoms with Crippen molar-refractivity contribution in [1.29, 1.82) is 5.26 Å². The van der Waals surface area contributed by atoms with E-state index in [0.717, 1.165) is 55.8 Å². The Morgan fingerprint density at radius 3 is 2.12 bits per heavy atom. The Bertz CT molecular complexity index is 1410. The number of rotatable bonds is 6. The fraction of sp³-hybridized carbons (Fsp3) is 0.517. The van der Waals surface area contributed by atoms with Crippen molar-refractivity contribution < 1.29 is 18.0 Å². The van der Waals surface area contributed by atoms with E-state index in [4.69, 9.17) is 0 Å². The molecule has 4 heterocycles. The van der Waals surface area contributed by atoms with Gasteiger partial charge in [0, 0.05) is 56.9 Å². The minimum Gasteiger partial charge on any atom is -0.371 e. The molecule has 2 aromatic rings. The highest BCUT2D eigenvalue weighted by Crippen LogP contribution is 2.47. The van der Waals surface area contributed by atoms with Gasteiger partial charge in [0.25, 0.3) is 0 Å². The topological polar surface area (TPSA) is 136 Å². The number of anilines is 2. The van der Waals surface area contributed by atoms with E-state index in [1.165, 1.54) is 0 Å². The van der Waals surface area contributed by atoms with E-state index in [2.05, 4.69) is 26.6 Å². The maximum Gasteiger partial charge on any atom is 0.243 e. The first kappa shape index (κ1) is 26.7. The molecule has 3 aliphatic heterocycles. The van der Waals surface area contributed by atoms with Crippen LogP contribution in [0.4, 0.5) is 11.5 Å². The zero-order valence-electron chi connectivity index (χ0n) is 22.4. The monoisotopic (exact) mass is 562 g/mol. The van der Waals surface area contributed by atoms with Crippen LogP contribution in [-0.4, -0.2) is 61.7 Å². The molecule has 10 nitrogen and oxygen atoms in total. The van der Waals surface area contributed by atoms with Gasteiger partial charge < -0.3 is 10.2 Å². The zero-order valence-corrected chi connectivity index (χ0v) is 23.3. The predicted octanol–water partition coefficient (Wildman–Crippen LogP) is 2.93. The number of aromatic nitrogens is 1. The molecule has 4 aliphatic rings. The van der Waals surface area contributed by atoms with Crippen LogP contribution < -0.4 is 15.5 Å². The molecule has 1 aromatic heterocycles. The molecule has 11 heteroatoms. The normalized spacial score (nSPS) is 22.9. The molecule has 6 rings (SSSR count). The van der Waals surface area contributed by atoms with Crippen LogP contribution >= 0.6 is 0 Å². The highest BCUT2D eigenvalue weighted by atomic mass is 32.2. The van der Waals surface area contributed by atoms with Gasteiger partial charge in [-0.2, -0.15) is 9.57 Å². The molecule has 40 heavy (non-hydrogen) atoms. The molecule has 1 aromatic carbocycles. The molecule has 3 saturated heterocycles. The molecule has 0 unspecified atom stereocenters. The van der Waals surface area contributed by atoms with Gasteiger partial charge in [-0.25, -0.2) is 13.4 Å². The smallest absolute Gasteiger partial charge is 0.243 e. The number of imide groups is 1. The summed E-state index contributed by atoms with van der Waals surface area (Å²) in [5, 5.41) is 15.2. The lowest BCUT2D eigenvalue weighted by atomic mass is 9.71. The Balaban J connectivity index is 1.02. The van der Waals surface area contributed by atoms with E-state index >= 15 is 0 Å². The van der Waals surface area contributed by atoms with Gasteiger partial charge in [0.2, 0.25) is 21.8 Å². The fourth-order valence-corrected chi connectivity index (χ4v) is 7.83. The van der Waals surface area contributed by atoms with Crippen LogP contribution in [0.15, 0.2) is 47.5 Å². The van der Waals surface area contributed by atoms with Crippen molar-refractivity contribution in [3.63, 3.8) is 0 Å². The lowest BCUT2D eigenvalue weighted by molar-refractivity contribution is -0.138. The number of pyridine rings is 1. The first-order valence-corrected chi connectivity index (χ1v) is 15.5. The maximum absolute atomic E-state index is 13.4. The number of sulfonamides is 1. The van der Waals surface area contributed by atoms with Crippen LogP contribution in [-0.2, 0) is 25.0 Å². The average molecular weight is 563 g/mol. The van der Waals surface area contributed by atoms with E-state index in [9.17, 15) is 23.3 Å². The molecule has 4 fully saturated rings. The van der Waals surface area contributed by atoms with Crippen molar-refractivity contribution in [2.24, 2.45) is 5.41 Å². The molecule has 1 aliphatic carbocycles. The minimum absolute atomic E-state index is 0.131. The molecule has 0 atom stereocenters. The lowest BCUT2D eigenvalue weighted by Gasteiger charge is -2.43. The molecule has 0 radical (unpaired) electrons. The van der Waals surface area contributed by atoms with Gasteiger partial charge in [0.15, 0.2) is 0 Å². The van der Waals surface area contributed by atoms with Gasteiger partial charge in [-0.3, -0.25) is 14.9 Å². The summed E-state index contributed by atoms with van der Waals surface area (Å²) in [7, 11) is -3.60. The Hall–Kier alpha value is -3.49. The number of carbonyl (C=O) groups is 2. The van der Waals surface area contributed by atoms with Crippen LogP contribution in [0.1, 0.15) is 56.9 Å². The molecule has 0 bridgehead atoms. The quantitative estimate of drug-likeness (QED) is 0.513. The Morgan fingerprint density at radius 1 is 0.925 bits per heavy atom. The molecule has 1 spiro atoms. The Kier molecular flexibility index (Phi) is 6.79. The summed E-state index contributed by atoms with van der Waals surface area (Å²) in [6, 6.07) is 13.4. The Labute approximate surface area is 234 Å². The fourth-order valence-electron chi connectivity index (χ4n) is 6.36. The number of nitrogens with one attached hydrogen (secondary N) is 2. The predicted molar refractivity (Wildman–Crippen MR) is 149 cm³/mol. The summed E-state index contributed by atoms with van der Waals surface area (Å²) in [5.74, 6) is 0.372. The second-order valence-electron chi connectivity index (χ2n) is 11.8. The van der Waals surface area contributed by atoms with Crippen molar-refractivity contribution in [2.45, 2.75) is 67.7 Å². The molecule has 2 amide bonds. The number of amides is 2. The second-order valence-corrected chi connectivity index (χ2v) is 13.7. The van der Waals surface area contributed by atoms with Crippen LogP contribution in [0, 0.1) is 16.7 Å². The SMILES string of the molecule is N#CC1(c2ccc(NC3CCN(S(=O)(=O)c4ccc(N5CCC6(CC5)CC(=O)NC(=O)C6)cc4)CC3)nc2)CC1. The molecule has 210 valence electrons. The number of hydrogen-bond donors (Lipinski definition) is 2. The Morgan fingerprint density at radius 2 is 1.57 bits per heavy atom. The summed E-state index contributed by atoms with van der Waals surface area (Å²) in [4.78, 5) is 30.8.